The van der Waals surface area contributed by atoms with Crippen LogP contribution in [-0.4, -0.2) is 23.9 Å². The zero-order chi connectivity index (χ0) is 9.02. The maximum atomic E-state index is 11.4. The third-order valence-corrected chi connectivity index (χ3v) is 2.16. The average molecular weight is 157 g/mol. The molecule has 0 aromatic heterocycles. The van der Waals surface area contributed by atoms with Gasteiger partial charge in [-0.05, 0) is 20.3 Å². The van der Waals surface area contributed by atoms with Crippen molar-refractivity contribution in [3.8, 4) is 0 Å². The fourth-order valence-corrected chi connectivity index (χ4v) is 0.777. The van der Waals surface area contributed by atoms with Crippen molar-refractivity contribution in [3.63, 3.8) is 0 Å². The van der Waals surface area contributed by atoms with Crippen molar-refractivity contribution in [1.29, 1.82) is 0 Å². The molecule has 0 aliphatic rings. The minimum absolute atomic E-state index is 0.169. The van der Waals surface area contributed by atoms with Crippen LogP contribution in [0.1, 0.15) is 34.1 Å². The van der Waals surface area contributed by atoms with Crippen molar-refractivity contribution < 1.29 is 4.79 Å². The molecule has 1 amide bonds. The van der Waals surface area contributed by atoms with Crippen LogP contribution in [0.15, 0.2) is 0 Å². The summed E-state index contributed by atoms with van der Waals surface area (Å²) in [6, 6.07) is 0.316. The molecule has 0 bridgehead atoms. The molecule has 0 unspecified atom stereocenters. The number of hydrogen-bond acceptors (Lipinski definition) is 1. The first-order valence-corrected chi connectivity index (χ1v) is 4.27. The van der Waals surface area contributed by atoms with E-state index in [4.69, 9.17) is 0 Å². The Labute approximate surface area is 69.6 Å². The predicted molar refractivity (Wildman–Crippen MR) is 47.4 cm³/mol. The lowest BCUT2D eigenvalue weighted by Gasteiger charge is -2.24. The van der Waals surface area contributed by atoms with Gasteiger partial charge >= 0.3 is 0 Å². The van der Waals surface area contributed by atoms with Crippen LogP contribution in [0.2, 0.25) is 0 Å². The Kier molecular flexibility index (Phi) is 4.16. The van der Waals surface area contributed by atoms with Gasteiger partial charge in [-0.1, -0.05) is 13.8 Å². The zero-order valence-corrected chi connectivity index (χ0v) is 8.22. The van der Waals surface area contributed by atoms with Gasteiger partial charge in [0.1, 0.15) is 0 Å². The summed E-state index contributed by atoms with van der Waals surface area (Å²) >= 11 is 0. The van der Waals surface area contributed by atoms with Gasteiger partial charge < -0.3 is 4.90 Å². The Hall–Kier alpha value is -0.530. The minimum atomic E-state index is 0.169. The summed E-state index contributed by atoms with van der Waals surface area (Å²) in [7, 11) is 1.86. The molecule has 2 heteroatoms. The minimum Gasteiger partial charge on any atom is -0.343 e. The van der Waals surface area contributed by atoms with Gasteiger partial charge in [0.25, 0.3) is 0 Å². The van der Waals surface area contributed by atoms with Crippen LogP contribution < -0.4 is 0 Å². The van der Waals surface area contributed by atoms with Gasteiger partial charge in [0.2, 0.25) is 5.91 Å². The highest BCUT2D eigenvalue weighted by Gasteiger charge is 2.16. The van der Waals surface area contributed by atoms with Gasteiger partial charge in [-0.3, -0.25) is 4.79 Å². The standard InChI is InChI=1S/C9H19NO/c1-6-8(4)9(11)10(5)7(2)3/h7-8H,6H2,1-5H3/t8-/m0/s1. The number of hydrogen-bond donors (Lipinski definition) is 0. The van der Waals surface area contributed by atoms with Gasteiger partial charge in [0.15, 0.2) is 0 Å². The molecule has 1 atom stereocenters. The second kappa shape index (κ2) is 4.37. The Morgan fingerprint density at radius 3 is 2.09 bits per heavy atom. The van der Waals surface area contributed by atoms with E-state index in [1.807, 2.05) is 34.7 Å². The van der Waals surface area contributed by atoms with Crippen molar-refractivity contribution in [1.82, 2.24) is 4.90 Å². The van der Waals surface area contributed by atoms with Gasteiger partial charge in [0.05, 0.1) is 0 Å². The smallest absolute Gasteiger partial charge is 0.225 e. The predicted octanol–water partition coefficient (Wildman–Crippen LogP) is 1.90. The molecular formula is C9H19NO. The van der Waals surface area contributed by atoms with Gasteiger partial charge in [-0.15, -0.1) is 0 Å². The first kappa shape index (κ1) is 10.5. The number of nitrogens with zero attached hydrogens (tertiary/aromatic N) is 1. The van der Waals surface area contributed by atoms with Crippen molar-refractivity contribution >= 4 is 5.91 Å². The zero-order valence-electron chi connectivity index (χ0n) is 8.22. The van der Waals surface area contributed by atoms with E-state index in [9.17, 15) is 4.79 Å². The molecule has 0 rings (SSSR count). The number of rotatable bonds is 3. The maximum absolute atomic E-state index is 11.4. The molecule has 0 saturated heterocycles. The summed E-state index contributed by atoms with van der Waals surface area (Å²) < 4.78 is 0. The van der Waals surface area contributed by atoms with E-state index >= 15 is 0 Å². The topological polar surface area (TPSA) is 20.3 Å². The fraction of sp³-hybridized carbons (Fsp3) is 0.889. The quantitative estimate of drug-likeness (QED) is 0.612. The fourth-order valence-electron chi connectivity index (χ4n) is 0.777. The third kappa shape index (κ3) is 2.91. The SMILES string of the molecule is CC[C@H](C)C(=O)N(C)C(C)C. The Morgan fingerprint density at radius 1 is 1.36 bits per heavy atom. The van der Waals surface area contributed by atoms with E-state index in [1.54, 1.807) is 4.90 Å². The summed E-state index contributed by atoms with van der Waals surface area (Å²) in [5.74, 6) is 0.421. The third-order valence-electron chi connectivity index (χ3n) is 2.16. The van der Waals surface area contributed by atoms with Crippen LogP contribution in [0.4, 0.5) is 0 Å². The highest BCUT2D eigenvalue weighted by molar-refractivity contribution is 5.78. The molecule has 0 saturated carbocycles. The lowest BCUT2D eigenvalue weighted by Crippen LogP contribution is -2.36. The summed E-state index contributed by atoms with van der Waals surface area (Å²) in [6.07, 6.45) is 0.926. The molecule has 0 heterocycles. The van der Waals surface area contributed by atoms with Crippen LogP contribution in [0.5, 0.6) is 0 Å². The lowest BCUT2D eigenvalue weighted by molar-refractivity contribution is -0.135. The van der Waals surface area contributed by atoms with Crippen molar-refractivity contribution in [2.24, 2.45) is 5.92 Å². The lowest BCUT2D eigenvalue weighted by atomic mass is 10.1. The Bertz CT molecular complexity index is 132. The van der Waals surface area contributed by atoms with Crippen LogP contribution in [-0.2, 0) is 4.79 Å². The molecule has 0 N–H and O–H groups in total. The molecule has 0 aromatic rings. The summed E-state index contributed by atoms with van der Waals surface area (Å²) in [5.41, 5.74) is 0. The first-order valence-electron chi connectivity index (χ1n) is 4.27. The molecule has 0 radical (unpaired) electrons. The normalized spacial score (nSPS) is 13.3. The molecule has 0 aliphatic carbocycles. The van der Waals surface area contributed by atoms with Crippen LogP contribution in [0.25, 0.3) is 0 Å². The van der Waals surface area contributed by atoms with Gasteiger partial charge in [-0.2, -0.15) is 0 Å². The highest BCUT2D eigenvalue weighted by Crippen LogP contribution is 2.07. The van der Waals surface area contributed by atoms with Crippen molar-refractivity contribution in [3.05, 3.63) is 0 Å². The van der Waals surface area contributed by atoms with Crippen LogP contribution in [0.3, 0.4) is 0 Å². The molecule has 11 heavy (non-hydrogen) atoms. The average Bonchev–Trinajstić information content (AvgIpc) is 2.00. The molecular weight excluding hydrogens is 138 g/mol. The Balaban J connectivity index is 4.02. The first-order chi connectivity index (χ1) is 5.00. The number of amides is 1. The van der Waals surface area contributed by atoms with Crippen molar-refractivity contribution in [2.75, 3.05) is 7.05 Å². The van der Waals surface area contributed by atoms with Gasteiger partial charge in [0, 0.05) is 19.0 Å². The van der Waals surface area contributed by atoms with E-state index in [0.717, 1.165) is 6.42 Å². The van der Waals surface area contributed by atoms with Crippen molar-refractivity contribution in [2.45, 2.75) is 40.2 Å². The summed E-state index contributed by atoms with van der Waals surface area (Å²) in [5, 5.41) is 0. The maximum Gasteiger partial charge on any atom is 0.225 e. The largest absolute Gasteiger partial charge is 0.343 e. The highest BCUT2D eigenvalue weighted by atomic mass is 16.2. The second-order valence-corrected chi connectivity index (χ2v) is 3.35. The molecule has 2 nitrogen and oxygen atoms in total. The number of carbonyl (C=O) groups excluding carboxylic acids is 1. The van der Waals surface area contributed by atoms with Crippen LogP contribution >= 0.6 is 0 Å². The monoisotopic (exact) mass is 157 g/mol. The second-order valence-electron chi connectivity index (χ2n) is 3.35. The number of carbonyl (C=O) groups is 1. The molecule has 0 aromatic carbocycles. The Morgan fingerprint density at radius 2 is 1.82 bits per heavy atom. The molecule has 0 aliphatic heterocycles. The molecule has 0 fully saturated rings. The van der Waals surface area contributed by atoms with E-state index < -0.39 is 0 Å². The van der Waals surface area contributed by atoms with Crippen LogP contribution in [0, 0.1) is 5.92 Å². The van der Waals surface area contributed by atoms with E-state index in [1.165, 1.54) is 0 Å². The van der Waals surface area contributed by atoms with E-state index in [-0.39, 0.29) is 11.8 Å². The molecule has 66 valence electrons. The summed E-state index contributed by atoms with van der Waals surface area (Å²) in [4.78, 5) is 13.2. The van der Waals surface area contributed by atoms with E-state index in [2.05, 4.69) is 0 Å². The van der Waals surface area contributed by atoms with E-state index in [0.29, 0.717) is 6.04 Å². The molecule has 0 spiro atoms. The van der Waals surface area contributed by atoms with Gasteiger partial charge in [-0.25, -0.2) is 0 Å². The summed E-state index contributed by atoms with van der Waals surface area (Å²) in [6.45, 7) is 8.07.